The second-order valence-electron chi connectivity index (χ2n) is 4.92. The lowest BCUT2D eigenvalue weighted by Gasteiger charge is -2.11. The Morgan fingerprint density at radius 2 is 2.00 bits per heavy atom. The van der Waals surface area contributed by atoms with Gasteiger partial charge in [0.15, 0.2) is 9.84 Å². The van der Waals surface area contributed by atoms with Crippen molar-refractivity contribution < 1.29 is 17.9 Å². The second kappa shape index (κ2) is 7.50. The first kappa shape index (κ1) is 16.8. The highest BCUT2D eigenvalue weighted by atomic mass is 32.2. The molecule has 6 heteroatoms. The number of rotatable bonds is 8. The summed E-state index contributed by atoms with van der Waals surface area (Å²) in [6.07, 6.45) is 0. The molecule has 0 amide bonds. The van der Waals surface area contributed by atoms with Crippen LogP contribution < -0.4 is 10.5 Å². The van der Waals surface area contributed by atoms with Gasteiger partial charge in [-0.25, -0.2) is 8.42 Å². The van der Waals surface area contributed by atoms with Crippen LogP contribution in [0.3, 0.4) is 0 Å². The van der Waals surface area contributed by atoms with Crippen molar-refractivity contribution in [2.45, 2.75) is 25.7 Å². The van der Waals surface area contributed by atoms with Gasteiger partial charge in [0.2, 0.25) is 0 Å². The van der Waals surface area contributed by atoms with Crippen LogP contribution >= 0.6 is 0 Å². The average molecular weight is 301 g/mol. The number of benzene rings is 1. The van der Waals surface area contributed by atoms with Gasteiger partial charge >= 0.3 is 0 Å². The normalized spacial score (nSPS) is 11.8. The summed E-state index contributed by atoms with van der Waals surface area (Å²) in [5.74, 6) is 0.798. The molecule has 5 nitrogen and oxygen atoms in total. The Morgan fingerprint density at radius 1 is 1.30 bits per heavy atom. The molecule has 0 saturated carbocycles. The lowest BCUT2D eigenvalue weighted by molar-refractivity contribution is 0.123. The van der Waals surface area contributed by atoms with E-state index in [0.717, 1.165) is 0 Å². The van der Waals surface area contributed by atoms with E-state index in [1.807, 2.05) is 20.8 Å². The molecule has 0 aliphatic carbocycles. The van der Waals surface area contributed by atoms with Gasteiger partial charge in [0.05, 0.1) is 29.5 Å². The van der Waals surface area contributed by atoms with Crippen molar-refractivity contribution in [1.82, 2.24) is 0 Å². The number of nitrogens with two attached hydrogens (primary N) is 1. The van der Waals surface area contributed by atoms with E-state index in [0.29, 0.717) is 24.9 Å². The van der Waals surface area contributed by atoms with E-state index in [9.17, 15) is 8.42 Å². The minimum Gasteiger partial charge on any atom is -0.494 e. The van der Waals surface area contributed by atoms with E-state index in [4.69, 9.17) is 15.2 Å². The third-order valence-electron chi connectivity index (χ3n) is 2.58. The predicted octanol–water partition coefficient (Wildman–Crippen LogP) is 2.11. The molecular formula is C14H23NO4S. The fraction of sp³-hybridized carbons (Fsp3) is 0.571. The molecule has 1 aromatic rings. The van der Waals surface area contributed by atoms with Gasteiger partial charge in [-0.2, -0.15) is 0 Å². The fourth-order valence-corrected chi connectivity index (χ4v) is 2.92. The Kier molecular flexibility index (Phi) is 6.29. The van der Waals surface area contributed by atoms with Crippen molar-refractivity contribution in [2.75, 3.05) is 31.3 Å². The van der Waals surface area contributed by atoms with Gasteiger partial charge in [-0.05, 0) is 25.0 Å². The molecule has 0 unspecified atom stereocenters. The Balaban J connectivity index is 2.78. The molecule has 0 heterocycles. The summed E-state index contributed by atoms with van der Waals surface area (Å²) in [4.78, 5) is 0.108. The van der Waals surface area contributed by atoms with Gasteiger partial charge in [0.25, 0.3) is 0 Å². The van der Waals surface area contributed by atoms with Crippen LogP contribution in [0.4, 0.5) is 5.69 Å². The minimum absolute atomic E-state index is 0.0838. The zero-order chi connectivity index (χ0) is 15.2. The zero-order valence-electron chi connectivity index (χ0n) is 12.3. The topological polar surface area (TPSA) is 78.6 Å². The van der Waals surface area contributed by atoms with E-state index in [1.54, 1.807) is 12.1 Å². The van der Waals surface area contributed by atoms with Crippen LogP contribution in [0.5, 0.6) is 5.75 Å². The van der Waals surface area contributed by atoms with Gasteiger partial charge in [-0.3, -0.25) is 0 Å². The van der Waals surface area contributed by atoms with Crippen molar-refractivity contribution in [3.63, 3.8) is 0 Å². The van der Waals surface area contributed by atoms with Gasteiger partial charge in [0, 0.05) is 12.7 Å². The highest BCUT2D eigenvalue weighted by molar-refractivity contribution is 7.91. The molecule has 0 spiro atoms. The Hall–Kier alpha value is -1.27. The fourth-order valence-electron chi connectivity index (χ4n) is 1.64. The number of sulfone groups is 1. The van der Waals surface area contributed by atoms with E-state index in [-0.39, 0.29) is 22.9 Å². The summed E-state index contributed by atoms with van der Waals surface area (Å²) in [5, 5.41) is 0. The summed E-state index contributed by atoms with van der Waals surface area (Å²) in [6.45, 7) is 7.05. The third-order valence-corrected chi connectivity index (χ3v) is 4.31. The standard InChI is InChI=1S/C14H23NO4S/c1-4-19-12-5-6-13(15)14(9-12)20(16,17)8-7-18-10-11(2)3/h5-6,9,11H,4,7-8,10,15H2,1-3H3. The molecule has 0 saturated heterocycles. The van der Waals surface area contributed by atoms with Crippen LogP contribution in [0.1, 0.15) is 20.8 Å². The summed E-state index contributed by atoms with van der Waals surface area (Å²) in [7, 11) is -3.46. The van der Waals surface area contributed by atoms with E-state index >= 15 is 0 Å². The van der Waals surface area contributed by atoms with Crippen LogP contribution in [0.15, 0.2) is 23.1 Å². The first-order chi connectivity index (χ1) is 9.36. The molecule has 0 fully saturated rings. The van der Waals surface area contributed by atoms with Crippen molar-refractivity contribution >= 4 is 15.5 Å². The monoisotopic (exact) mass is 301 g/mol. The molecule has 114 valence electrons. The van der Waals surface area contributed by atoms with Crippen LogP contribution in [-0.2, 0) is 14.6 Å². The van der Waals surface area contributed by atoms with E-state index < -0.39 is 9.84 Å². The molecule has 0 radical (unpaired) electrons. The summed E-state index contributed by atoms with van der Waals surface area (Å²) < 4.78 is 35.1. The first-order valence-electron chi connectivity index (χ1n) is 6.69. The third kappa shape index (κ3) is 5.02. The SMILES string of the molecule is CCOc1ccc(N)c(S(=O)(=O)CCOCC(C)C)c1. The summed E-state index contributed by atoms with van der Waals surface area (Å²) >= 11 is 0. The van der Waals surface area contributed by atoms with Crippen LogP contribution in [0, 0.1) is 5.92 Å². The van der Waals surface area contributed by atoms with Crippen molar-refractivity contribution in [3.8, 4) is 5.75 Å². The van der Waals surface area contributed by atoms with Crippen LogP contribution in [-0.4, -0.2) is 34.0 Å². The summed E-state index contributed by atoms with van der Waals surface area (Å²) in [6, 6.07) is 4.68. The Morgan fingerprint density at radius 3 is 2.60 bits per heavy atom. The lowest BCUT2D eigenvalue weighted by Crippen LogP contribution is -2.16. The molecule has 2 N–H and O–H groups in total. The van der Waals surface area contributed by atoms with Crippen molar-refractivity contribution in [1.29, 1.82) is 0 Å². The quantitative estimate of drug-likeness (QED) is 0.587. The molecular weight excluding hydrogens is 278 g/mol. The van der Waals surface area contributed by atoms with Crippen molar-refractivity contribution in [3.05, 3.63) is 18.2 Å². The molecule has 0 bridgehead atoms. The molecule has 0 aliphatic rings. The number of anilines is 1. The van der Waals surface area contributed by atoms with E-state index in [1.165, 1.54) is 6.07 Å². The molecule has 1 rings (SSSR count). The number of hydrogen-bond acceptors (Lipinski definition) is 5. The van der Waals surface area contributed by atoms with Gasteiger partial charge in [-0.1, -0.05) is 13.8 Å². The lowest BCUT2D eigenvalue weighted by atomic mass is 10.2. The smallest absolute Gasteiger partial charge is 0.182 e. The maximum absolute atomic E-state index is 12.2. The Labute approximate surface area is 121 Å². The first-order valence-corrected chi connectivity index (χ1v) is 8.35. The molecule has 0 aliphatic heterocycles. The number of ether oxygens (including phenoxy) is 2. The highest BCUT2D eigenvalue weighted by Gasteiger charge is 2.18. The summed E-state index contributed by atoms with van der Waals surface area (Å²) in [5.41, 5.74) is 5.98. The Bertz CT molecular complexity index is 526. The van der Waals surface area contributed by atoms with Crippen LogP contribution in [0.25, 0.3) is 0 Å². The largest absolute Gasteiger partial charge is 0.494 e. The van der Waals surface area contributed by atoms with Gasteiger partial charge in [-0.15, -0.1) is 0 Å². The second-order valence-corrected chi connectivity index (χ2v) is 7.00. The maximum Gasteiger partial charge on any atom is 0.182 e. The maximum atomic E-state index is 12.2. The molecule has 20 heavy (non-hydrogen) atoms. The predicted molar refractivity (Wildman–Crippen MR) is 79.7 cm³/mol. The van der Waals surface area contributed by atoms with Gasteiger partial charge < -0.3 is 15.2 Å². The minimum atomic E-state index is -3.46. The average Bonchev–Trinajstić information content (AvgIpc) is 2.37. The molecule has 0 aromatic heterocycles. The van der Waals surface area contributed by atoms with Crippen molar-refractivity contribution in [2.24, 2.45) is 5.92 Å². The number of hydrogen-bond donors (Lipinski definition) is 1. The van der Waals surface area contributed by atoms with E-state index in [2.05, 4.69) is 0 Å². The van der Waals surface area contributed by atoms with Crippen LogP contribution in [0.2, 0.25) is 0 Å². The highest BCUT2D eigenvalue weighted by Crippen LogP contribution is 2.25. The zero-order valence-corrected chi connectivity index (χ0v) is 13.1. The van der Waals surface area contributed by atoms with Gasteiger partial charge in [0.1, 0.15) is 5.75 Å². The molecule has 1 aromatic carbocycles. The molecule has 0 atom stereocenters. The number of nitrogen functional groups attached to an aromatic ring is 1.